The standard InChI is InChI=1S/C22H29N3O3S2/c26-22-19(23-30(27,28)21-7-4-10-29-21)8-9-20-18-11-17(14-25(20)22)13-24(15-18)12-16-5-2-1-3-6-16/h4,7-10,16-18,23H,1-3,5-6,11-15H2/t17-,18+/m0/s1. The Kier molecular flexibility index (Phi) is 5.49. The number of anilines is 1. The zero-order valence-electron chi connectivity index (χ0n) is 17.1. The lowest BCUT2D eigenvalue weighted by Crippen LogP contribution is -2.48. The molecule has 0 radical (unpaired) electrons. The van der Waals surface area contributed by atoms with Crippen molar-refractivity contribution in [3.8, 4) is 0 Å². The van der Waals surface area contributed by atoms with Gasteiger partial charge in [-0.05, 0) is 54.7 Å². The Hall–Kier alpha value is -1.64. The largest absolute Gasteiger partial charge is 0.310 e. The van der Waals surface area contributed by atoms with Crippen LogP contribution in [0.2, 0.25) is 0 Å². The van der Waals surface area contributed by atoms with E-state index < -0.39 is 10.0 Å². The molecule has 2 atom stereocenters. The van der Waals surface area contributed by atoms with Crippen LogP contribution < -0.4 is 10.3 Å². The van der Waals surface area contributed by atoms with Gasteiger partial charge >= 0.3 is 0 Å². The molecule has 3 aliphatic rings. The molecule has 162 valence electrons. The van der Waals surface area contributed by atoms with Gasteiger partial charge in [0.15, 0.2) is 0 Å². The maximum atomic E-state index is 13.1. The van der Waals surface area contributed by atoms with Gasteiger partial charge in [0.05, 0.1) is 0 Å². The van der Waals surface area contributed by atoms with Crippen LogP contribution in [0.1, 0.15) is 50.1 Å². The van der Waals surface area contributed by atoms with Crippen molar-refractivity contribution in [3.05, 3.63) is 45.7 Å². The van der Waals surface area contributed by atoms with Gasteiger partial charge in [-0.3, -0.25) is 9.52 Å². The number of nitrogens with zero attached hydrogens (tertiary/aromatic N) is 2. The van der Waals surface area contributed by atoms with Gasteiger partial charge in [-0.1, -0.05) is 25.3 Å². The van der Waals surface area contributed by atoms with Crippen molar-refractivity contribution >= 4 is 27.0 Å². The molecule has 2 bridgehead atoms. The van der Waals surface area contributed by atoms with Gasteiger partial charge in [-0.2, -0.15) is 0 Å². The summed E-state index contributed by atoms with van der Waals surface area (Å²) in [5.74, 6) is 1.65. The van der Waals surface area contributed by atoms with Crippen LogP contribution in [0.3, 0.4) is 0 Å². The van der Waals surface area contributed by atoms with E-state index in [1.54, 1.807) is 23.6 Å². The zero-order valence-corrected chi connectivity index (χ0v) is 18.8. The average molecular weight is 448 g/mol. The van der Waals surface area contributed by atoms with Gasteiger partial charge < -0.3 is 9.47 Å². The molecule has 2 aliphatic heterocycles. The van der Waals surface area contributed by atoms with E-state index in [-0.39, 0.29) is 15.5 Å². The molecule has 2 aromatic rings. The fourth-order valence-corrected chi connectivity index (χ4v) is 7.67. The Balaban J connectivity index is 1.35. The average Bonchev–Trinajstić information content (AvgIpc) is 3.27. The van der Waals surface area contributed by atoms with E-state index in [0.29, 0.717) is 18.4 Å². The van der Waals surface area contributed by atoms with Crippen LogP contribution in [0.15, 0.2) is 38.6 Å². The highest BCUT2D eigenvalue weighted by atomic mass is 32.2. The first kappa shape index (κ1) is 20.3. The molecule has 1 aliphatic carbocycles. The summed E-state index contributed by atoms with van der Waals surface area (Å²) in [4.78, 5) is 15.7. The normalized spacial score (nSPS) is 25.1. The third-order valence-corrected chi connectivity index (χ3v) is 9.69. The van der Waals surface area contributed by atoms with Gasteiger partial charge in [-0.15, -0.1) is 11.3 Å². The molecular formula is C22H29N3O3S2. The number of aromatic nitrogens is 1. The van der Waals surface area contributed by atoms with Crippen molar-refractivity contribution < 1.29 is 8.42 Å². The van der Waals surface area contributed by atoms with Crippen molar-refractivity contribution in [2.24, 2.45) is 11.8 Å². The predicted molar refractivity (Wildman–Crippen MR) is 120 cm³/mol. The first-order valence-electron chi connectivity index (χ1n) is 11.0. The summed E-state index contributed by atoms with van der Waals surface area (Å²) in [7, 11) is -3.72. The predicted octanol–water partition coefficient (Wildman–Crippen LogP) is 3.71. The molecule has 1 N–H and O–H groups in total. The third-order valence-electron chi connectivity index (χ3n) is 6.93. The molecule has 0 unspecified atom stereocenters. The van der Waals surface area contributed by atoms with Gasteiger partial charge in [0, 0.05) is 37.8 Å². The number of nitrogens with one attached hydrogen (secondary N) is 1. The molecule has 6 nitrogen and oxygen atoms in total. The van der Waals surface area contributed by atoms with Crippen molar-refractivity contribution in [1.29, 1.82) is 0 Å². The highest BCUT2D eigenvalue weighted by Gasteiger charge is 2.36. The third kappa shape index (κ3) is 3.97. The second-order valence-corrected chi connectivity index (χ2v) is 12.0. The van der Waals surface area contributed by atoms with Gasteiger partial charge in [0.2, 0.25) is 0 Å². The topological polar surface area (TPSA) is 71.4 Å². The monoisotopic (exact) mass is 447 g/mol. The molecule has 0 amide bonds. The molecule has 8 heteroatoms. The van der Waals surface area contributed by atoms with Crippen LogP contribution in [0, 0.1) is 11.8 Å². The molecule has 0 spiro atoms. The van der Waals surface area contributed by atoms with Crippen LogP contribution in [0.4, 0.5) is 5.69 Å². The number of pyridine rings is 1. The molecule has 1 saturated carbocycles. The number of fused-ring (bicyclic) bond motifs is 4. The van der Waals surface area contributed by atoms with Crippen LogP contribution >= 0.6 is 11.3 Å². The Labute approximate surface area is 182 Å². The smallest absolute Gasteiger partial charge is 0.275 e. The van der Waals surface area contributed by atoms with E-state index in [1.807, 2.05) is 10.6 Å². The second kappa shape index (κ2) is 8.13. The molecule has 2 fully saturated rings. The minimum absolute atomic E-state index is 0.145. The number of piperidine rings is 1. The molecule has 0 aromatic carbocycles. The number of hydrogen-bond acceptors (Lipinski definition) is 5. The first-order chi connectivity index (χ1) is 14.5. The zero-order chi connectivity index (χ0) is 20.7. The minimum Gasteiger partial charge on any atom is -0.310 e. The number of sulfonamides is 1. The lowest BCUT2D eigenvalue weighted by molar-refractivity contribution is 0.0968. The minimum atomic E-state index is -3.72. The molecule has 5 rings (SSSR count). The highest BCUT2D eigenvalue weighted by Crippen LogP contribution is 2.36. The fraction of sp³-hybridized carbons (Fsp3) is 0.591. The maximum Gasteiger partial charge on any atom is 0.275 e. The van der Waals surface area contributed by atoms with E-state index in [0.717, 1.165) is 42.5 Å². The summed E-state index contributed by atoms with van der Waals surface area (Å²) < 4.78 is 29.7. The van der Waals surface area contributed by atoms with Gasteiger partial charge in [0.1, 0.15) is 9.90 Å². The second-order valence-electron chi connectivity index (χ2n) is 9.15. The number of hydrogen-bond donors (Lipinski definition) is 1. The number of rotatable bonds is 5. The lowest BCUT2D eigenvalue weighted by Gasteiger charge is -2.44. The quantitative estimate of drug-likeness (QED) is 0.759. The fourth-order valence-electron chi connectivity index (χ4n) is 5.62. The van der Waals surface area contributed by atoms with E-state index in [2.05, 4.69) is 9.62 Å². The molecule has 30 heavy (non-hydrogen) atoms. The highest BCUT2D eigenvalue weighted by molar-refractivity contribution is 7.94. The summed E-state index contributed by atoms with van der Waals surface area (Å²) >= 11 is 1.15. The SMILES string of the molecule is O=c1c(NS(=O)(=O)c2cccs2)ccc2n1C[C@H]1C[C@@H]2CN(CC2CCCCC2)C1. The van der Waals surface area contributed by atoms with E-state index >= 15 is 0 Å². The Morgan fingerprint density at radius 3 is 2.67 bits per heavy atom. The number of thiophene rings is 1. The summed E-state index contributed by atoms with van der Waals surface area (Å²) in [5, 5.41) is 1.72. The van der Waals surface area contributed by atoms with Crippen LogP contribution in [-0.4, -0.2) is 37.5 Å². The Bertz CT molecular complexity index is 1060. The van der Waals surface area contributed by atoms with Crippen molar-refractivity contribution in [1.82, 2.24) is 9.47 Å². The van der Waals surface area contributed by atoms with Gasteiger partial charge in [-0.25, -0.2) is 8.42 Å². The Morgan fingerprint density at radius 1 is 1.07 bits per heavy atom. The lowest BCUT2D eigenvalue weighted by atomic mass is 9.81. The summed E-state index contributed by atoms with van der Waals surface area (Å²) in [6, 6.07) is 6.85. The van der Waals surface area contributed by atoms with Crippen LogP contribution in [-0.2, 0) is 16.6 Å². The first-order valence-corrected chi connectivity index (χ1v) is 13.4. The van der Waals surface area contributed by atoms with Crippen molar-refractivity contribution in [2.75, 3.05) is 24.4 Å². The van der Waals surface area contributed by atoms with Crippen LogP contribution in [0.5, 0.6) is 0 Å². The Morgan fingerprint density at radius 2 is 1.90 bits per heavy atom. The molecular weight excluding hydrogens is 418 g/mol. The molecule has 1 saturated heterocycles. The summed E-state index contributed by atoms with van der Waals surface area (Å²) in [6.45, 7) is 3.92. The summed E-state index contributed by atoms with van der Waals surface area (Å²) in [5.41, 5.74) is 0.984. The van der Waals surface area contributed by atoms with Crippen molar-refractivity contribution in [3.63, 3.8) is 0 Å². The van der Waals surface area contributed by atoms with Crippen molar-refractivity contribution in [2.45, 2.75) is 55.2 Å². The maximum absolute atomic E-state index is 13.1. The number of likely N-dealkylation sites (tertiary alicyclic amines) is 1. The van der Waals surface area contributed by atoms with Crippen LogP contribution in [0.25, 0.3) is 0 Å². The molecule has 4 heterocycles. The van der Waals surface area contributed by atoms with E-state index in [9.17, 15) is 13.2 Å². The van der Waals surface area contributed by atoms with E-state index in [4.69, 9.17) is 0 Å². The molecule has 2 aromatic heterocycles. The summed E-state index contributed by atoms with van der Waals surface area (Å²) in [6.07, 6.45) is 7.96. The van der Waals surface area contributed by atoms with Gasteiger partial charge in [0.25, 0.3) is 15.6 Å². The van der Waals surface area contributed by atoms with E-state index in [1.165, 1.54) is 38.6 Å².